The molecule has 3 rings (SSSR count). The second kappa shape index (κ2) is 6.68. The van der Waals surface area contributed by atoms with Crippen molar-refractivity contribution < 1.29 is 13.9 Å². The van der Waals surface area contributed by atoms with Crippen LogP contribution in [-0.2, 0) is 0 Å². The Morgan fingerprint density at radius 3 is 2.75 bits per heavy atom. The molecule has 0 bridgehead atoms. The second-order valence-corrected chi connectivity index (χ2v) is 7.03. The van der Waals surface area contributed by atoms with Crippen LogP contribution in [0.25, 0.3) is 10.8 Å². The number of alkyl halides is 2. The van der Waals surface area contributed by atoms with Crippen LogP contribution in [0.1, 0.15) is 50.1 Å². The van der Waals surface area contributed by atoms with Gasteiger partial charge in [0.05, 0.1) is 17.8 Å². The molecule has 2 N–H and O–H groups in total. The number of aryl methyl sites for hydroxylation is 1. The van der Waals surface area contributed by atoms with Crippen molar-refractivity contribution in [2.45, 2.75) is 57.6 Å². The molecule has 2 unspecified atom stereocenters. The van der Waals surface area contributed by atoms with E-state index in [1.54, 1.807) is 6.92 Å². The van der Waals surface area contributed by atoms with Gasteiger partial charge in [0.2, 0.25) is 0 Å². The largest absolute Gasteiger partial charge is 0.387 e. The van der Waals surface area contributed by atoms with Crippen LogP contribution in [0.15, 0.2) is 11.4 Å². The van der Waals surface area contributed by atoms with Gasteiger partial charge >= 0.3 is 0 Å². The summed E-state index contributed by atoms with van der Waals surface area (Å²) in [4.78, 5) is 13.0. The standard InChI is InChI=1S/C16H20F2N4OS/c1-9-8-24-15(19-9)14-20-11(10(2)23)7-13(22-14)21-12-5-3-4-6-16(12,17)18/h7-8,10,12,23H,3-6H2,1-2H3,(H,20,21,22). The third-order valence-corrected chi connectivity index (χ3v) is 5.03. The first-order valence-electron chi connectivity index (χ1n) is 7.99. The Morgan fingerprint density at radius 2 is 2.12 bits per heavy atom. The van der Waals surface area contributed by atoms with Gasteiger partial charge < -0.3 is 10.4 Å². The number of halogens is 2. The predicted octanol–water partition coefficient (Wildman–Crippen LogP) is 3.95. The van der Waals surface area contributed by atoms with Gasteiger partial charge in [-0.05, 0) is 26.7 Å². The van der Waals surface area contributed by atoms with E-state index < -0.39 is 18.1 Å². The van der Waals surface area contributed by atoms with Gasteiger partial charge in [-0.2, -0.15) is 0 Å². The lowest BCUT2D eigenvalue weighted by atomic mass is 9.91. The lowest BCUT2D eigenvalue weighted by Gasteiger charge is -2.32. The third kappa shape index (κ3) is 3.70. The first-order chi connectivity index (χ1) is 11.3. The molecule has 1 saturated carbocycles. The number of anilines is 1. The van der Waals surface area contributed by atoms with Gasteiger partial charge in [0.1, 0.15) is 5.82 Å². The molecule has 8 heteroatoms. The van der Waals surface area contributed by atoms with Crippen LogP contribution in [0.5, 0.6) is 0 Å². The van der Waals surface area contributed by atoms with Crippen LogP contribution < -0.4 is 5.32 Å². The highest BCUT2D eigenvalue weighted by atomic mass is 32.1. The number of thiazole rings is 1. The number of aromatic nitrogens is 3. The van der Waals surface area contributed by atoms with E-state index in [0.29, 0.717) is 35.2 Å². The minimum atomic E-state index is -2.76. The van der Waals surface area contributed by atoms with Gasteiger partial charge in [0.15, 0.2) is 10.8 Å². The van der Waals surface area contributed by atoms with E-state index in [1.807, 2.05) is 12.3 Å². The average Bonchev–Trinajstić information content (AvgIpc) is 2.95. The van der Waals surface area contributed by atoms with Crippen molar-refractivity contribution in [1.29, 1.82) is 0 Å². The zero-order valence-electron chi connectivity index (χ0n) is 13.6. The number of aliphatic hydroxyl groups is 1. The van der Waals surface area contributed by atoms with Crippen molar-refractivity contribution in [2.75, 3.05) is 5.32 Å². The molecule has 24 heavy (non-hydrogen) atoms. The van der Waals surface area contributed by atoms with Crippen molar-refractivity contribution >= 4 is 17.2 Å². The quantitative estimate of drug-likeness (QED) is 0.870. The van der Waals surface area contributed by atoms with Crippen LogP contribution in [-0.4, -0.2) is 32.0 Å². The van der Waals surface area contributed by atoms with Crippen molar-refractivity contribution in [2.24, 2.45) is 0 Å². The summed E-state index contributed by atoms with van der Waals surface area (Å²) in [5.74, 6) is -2.12. The third-order valence-electron chi connectivity index (χ3n) is 4.07. The molecule has 0 saturated heterocycles. The lowest BCUT2D eigenvalue weighted by Crippen LogP contribution is -2.42. The van der Waals surface area contributed by atoms with Gasteiger partial charge in [-0.1, -0.05) is 6.42 Å². The Morgan fingerprint density at radius 1 is 1.33 bits per heavy atom. The summed E-state index contributed by atoms with van der Waals surface area (Å²) in [6.45, 7) is 3.44. The molecule has 2 aromatic heterocycles. The monoisotopic (exact) mass is 354 g/mol. The van der Waals surface area contributed by atoms with Gasteiger partial charge in [-0.3, -0.25) is 0 Å². The van der Waals surface area contributed by atoms with E-state index in [9.17, 15) is 13.9 Å². The highest BCUT2D eigenvalue weighted by molar-refractivity contribution is 7.13. The SMILES string of the molecule is Cc1csc(-c2nc(NC3CCCCC3(F)F)cc(C(C)O)n2)n1. The summed E-state index contributed by atoms with van der Waals surface area (Å²) in [7, 11) is 0. The van der Waals surface area contributed by atoms with E-state index in [4.69, 9.17) is 0 Å². The Labute approximate surface area is 143 Å². The molecule has 2 heterocycles. The van der Waals surface area contributed by atoms with Crippen LogP contribution in [0, 0.1) is 6.92 Å². The summed E-state index contributed by atoms with van der Waals surface area (Å²) < 4.78 is 28.1. The van der Waals surface area contributed by atoms with Crippen LogP contribution in [0.2, 0.25) is 0 Å². The number of aliphatic hydroxyl groups excluding tert-OH is 1. The fourth-order valence-electron chi connectivity index (χ4n) is 2.76. The summed E-state index contributed by atoms with van der Waals surface area (Å²) in [6.07, 6.45) is 0.766. The highest BCUT2D eigenvalue weighted by Gasteiger charge is 2.41. The van der Waals surface area contributed by atoms with E-state index in [-0.39, 0.29) is 6.42 Å². The molecule has 1 aliphatic rings. The molecule has 0 aliphatic heterocycles. The number of nitrogens with zero attached hydrogens (tertiary/aromatic N) is 3. The van der Waals surface area contributed by atoms with Crippen molar-refractivity contribution in [3.8, 4) is 10.8 Å². The molecule has 2 aromatic rings. The molecule has 1 aliphatic carbocycles. The molecular formula is C16H20F2N4OS. The second-order valence-electron chi connectivity index (χ2n) is 6.18. The molecule has 2 atom stereocenters. The van der Waals surface area contributed by atoms with Gasteiger partial charge in [0, 0.05) is 23.6 Å². The fraction of sp³-hybridized carbons (Fsp3) is 0.562. The topological polar surface area (TPSA) is 70.9 Å². The minimum Gasteiger partial charge on any atom is -0.387 e. The van der Waals surface area contributed by atoms with Crippen molar-refractivity contribution in [3.63, 3.8) is 0 Å². The maximum Gasteiger partial charge on any atom is 0.267 e. The van der Waals surface area contributed by atoms with Gasteiger partial charge in [-0.15, -0.1) is 11.3 Å². The number of hydrogen-bond acceptors (Lipinski definition) is 6. The average molecular weight is 354 g/mol. The Hall–Kier alpha value is -1.67. The number of nitrogens with one attached hydrogen (secondary N) is 1. The van der Waals surface area contributed by atoms with Crippen LogP contribution in [0.4, 0.5) is 14.6 Å². The molecule has 130 valence electrons. The molecule has 5 nitrogen and oxygen atoms in total. The van der Waals surface area contributed by atoms with E-state index in [0.717, 1.165) is 12.1 Å². The molecular weight excluding hydrogens is 334 g/mol. The smallest absolute Gasteiger partial charge is 0.267 e. The first-order valence-corrected chi connectivity index (χ1v) is 8.87. The summed E-state index contributed by atoms with van der Waals surface area (Å²) in [5.41, 5.74) is 1.23. The molecule has 1 fully saturated rings. The minimum absolute atomic E-state index is 0.114. The lowest BCUT2D eigenvalue weighted by molar-refractivity contribution is -0.0449. The first kappa shape index (κ1) is 17.2. The molecule has 0 amide bonds. The maximum atomic E-state index is 14.1. The zero-order valence-corrected chi connectivity index (χ0v) is 14.4. The van der Waals surface area contributed by atoms with Crippen molar-refractivity contribution in [1.82, 2.24) is 15.0 Å². The van der Waals surface area contributed by atoms with Crippen molar-refractivity contribution in [3.05, 3.63) is 22.8 Å². The number of rotatable bonds is 4. The van der Waals surface area contributed by atoms with Crippen LogP contribution in [0.3, 0.4) is 0 Å². The van der Waals surface area contributed by atoms with E-state index in [1.165, 1.54) is 17.4 Å². The van der Waals surface area contributed by atoms with E-state index >= 15 is 0 Å². The number of hydrogen-bond donors (Lipinski definition) is 2. The zero-order chi connectivity index (χ0) is 17.3. The van der Waals surface area contributed by atoms with Gasteiger partial charge in [-0.25, -0.2) is 23.7 Å². The highest BCUT2D eigenvalue weighted by Crippen LogP contribution is 2.35. The predicted molar refractivity (Wildman–Crippen MR) is 89.3 cm³/mol. The van der Waals surface area contributed by atoms with Crippen LogP contribution >= 0.6 is 11.3 Å². The molecule has 0 radical (unpaired) electrons. The van der Waals surface area contributed by atoms with E-state index in [2.05, 4.69) is 20.3 Å². The Balaban J connectivity index is 1.93. The molecule has 0 spiro atoms. The Kier molecular flexibility index (Phi) is 4.78. The Bertz CT molecular complexity index is 720. The normalized spacial score (nSPS) is 21.5. The summed E-state index contributed by atoms with van der Waals surface area (Å²) in [5, 5.41) is 15.2. The fourth-order valence-corrected chi connectivity index (χ4v) is 3.49. The summed E-state index contributed by atoms with van der Waals surface area (Å²) >= 11 is 1.38. The maximum absolute atomic E-state index is 14.1. The van der Waals surface area contributed by atoms with Gasteiger partial charge in [0.25, 0.3) is 5.92 Å². The molecule has 0 aromatic carbocycles. The summed E-state index contributed by atoms with van der Waals surface area (Å²) in [6, 6.07) is 0.577.